The van der Waals surface area contributed by atoms with Crippen molar-refractivity contribution in [2.24, 2.45) is 0 Å². The lowest BCUT2D eigenvalue weighted by Gasteiger charge is -2.18. The van der Waals surface area contributed by atoms with E-state index in [9.17, 15) is 0 Å². The van der Waals surface area contributed by atoms with Crippen LogP contribution in [0.25, 0.3) is 11.3 Å². The molecule has 2 aromatic heterocycles. The van der Waals surface area contributed by atoms with E-state index in [0.29, 0.717) is 16.7 Å². The van der Waals surface area contributed by atoms with E-state index in [0.717, 1.165) is 16.1 Å². The highest BCUT2D eigenvalue weighted by Gasteiger charge is 2.27. The molecule has 1 aliphatic rings. The summed E-state index contributed by atoms with van der Waals surface area (Å²) in [7, 11) is 0. The van der Waals surface area contributed by atoms with Crippen LogP contribution in [0.3, 0.4) is 0 Å². The average Bonchev–Trinajstić information content (AvgIpc) is 2.93. The van der Waals surface area contributed by atoms with Gasteiger partial charge < -0.3 is 10.1 Å². The summed E-state index contributed by atoms with van der Waals surface area (Å²) in [5.74, 6) is 0.514. The van der Waals surface area contributed by atoms with Gasteiger partial charge in [0.15, 0.2) is 5.69 Å². The molecule has 1 atom stereocenters. The molecule has 0 saturated heterocycles. The molecular weight excluding hydrogens is 328 g/mol. The topological polar surface area (TPSA) is 59.9 Å². The van der Waals surface area contributed by atoms with Crippen molar-refractivity contribution >= 4 is 28.8 Å². The minimum atomic E-state index is -0.288. The molecule has 3 aromatic rings. The SMILES string of the molecule is CSc1nnc2c(n1)O[C@H](c1sccc1C)Nc1ccccc1-2. The summed E-state index contributed by atoms with van der Waals surface area (Å²) in [6, 6.07) is 10.1. The van der Waals surface area contributed by atoms with E-state index < -0.39 is 0 Å². The lowest BCUT2D eigenvalue weighted by molar-refractivity contribution is 0.228. The Hall–Kier alpha value is -2.12. The highest BCUT2D eigenvalue weighted by Crippen LogP contribution is 2.40. The number of nitrogens with one attached hydrogen (secondary N) is 1. The first-order valence-electron chi connectivity index (χ1n) is 7.11. The van der Waals surface area contributed by atoms with Crippen LogP contribution in [0.5, 0.6) is 5.88 Å². The summed E-state index contributed by atoms with van der Waals surface area (Å²) in [4.78, 5) is 5.65. The molecule has 0 fully saturated rings. The van der Waals surface area contributed by atoms with E-state index in [1.54, 1.807) is 11.3 Å². The fourth-order valence-electron chi connectivity index (χ4n) is 2.51. The van der Waals surface area contributed by atoms with Crippen LogP contribution in [0.4, 0.5) is 5.69 Å². The van der Waals surface area contributed by atoms with Gasteiger partial charge in [0.05, 0.1) is 4.88 Å². The highest BCUT2D eigenvalue weighted by molar-refractivity contribution is 7.98. The fourth-order valence-corrected chi connectivity index (χ4v) is 3.71. The Morgan fingerprint density at radius 3 is 2.87 bits per heavy atom. The molecule has 0 amide bonds. The smallest absolute Gasteiger partial charge is 0.247 e. The number of anilines is 1. The van der Waals surface area contributed by atoms with E-state index in [-0.39, 0.29) is 6.23 Å². The number of aryl methyl sites for hydroxylation is 1. The Morgan fingerprint density at radius 1 is 1.22 bits per heavy atom. The van der Waals surface area contributed by atoms with Crippen molar-refractivity contribution in [3.8, 4) is 17.1 Å². The lowest BCUT2D eigenvalue weighted by Crippen LogP contribution is -2.16. The highest BCUT2D eigenvalue weighted by atomic mass is 32.2. The minimum absolute atomic E-state index is 0.288. The van der Waals surface area contributed by atoms with Gasteiger partial charge in [-0.2, -0.15) is 4.98 Å². The molecule has 0 bridgehead atoms. The number of nitrogens with zero attached hydrogens (tertiary/aromatic N) is 3. The third-order valence-corrected chi connectivity index (χ3v) is 5.26. The van der Waals surface area contributed by atoms with Crippen LogP contribution in [0.15, 0.2) is 40.9 Å². The molecular formula is C16H14N4OS2. The Labute approximate surface area is 142 Å². The van der Waals surface area contributed by atoms with Gasteiger partial charge in [-0.25, -0.2) is 0 Å². The zero-order valence-electron chi connectivity index (χ0n) is 12.6. The van der Waals surface area contributed by atoms with E-state index in [1.807, 2.05) is 30.5 Å². The molecule has 1 aliphatic heterocycles. The Bertz CT molecular complexity index is 865. The van der Waals surface area contributed by atoms with Gasteiger partial charge in [0.1, 0.15) is 0 Å². The summed E-state index contributed by atoms with van der Waals surface area (Å²) in [5, 5.41) is 14.6. The van der Waals surface area contributed by atoms with Crippen LogP contribution in [0.2, 0.25) is 0 Å². The summed E-state index contributed by atoms with van der Waals surface area (Å²) in [6.45, 7) is 2.08. The molecule has 0 saturated carbocycles. The van der Waals surface area contributed by atoms with Gasteiger partial charge in [0, 0.05) is 11.3 Å². The number of aromatic nitrogens is 3. The first-order valence-corrected chi connectivity index (χ1v) is 9.22. The second kappa shape index (κ2) is 5.82. The minimum Gasteiger partial charge on any atom is -0.447 e. The first-order chi connectivity index (χ1) is 11.3. The molecule has 0 spiro atoms. The Kier molecular flexibility index (Phi) is 3.66. The number of hydrogen-bond acceptors (Lipinski definition) is 7. The summed E-state index contributed by atoms with van der Waals surface area (Å²) in [6.07, 6.45) is 1.64. The number of thioether (sulfide) groups is 1. The largest absolute Gasteiger partial charge is 0.447 e. The molecule has 0 aliphatic carbocycles. The molecule has 0 radical (unpaired) electrons. The third kappa shape index (κ3) is 2.55. The van der Waals surface area contributed by atoms with Crippen molar-refractivity contribution in [2.45, 2.75) is 18.3 Å². The number of thiophene rings is 1. The molecule has 3 heterocycles. The van der Waals surface area contributed by atoms with Gasteiger partial charge in [0.2, 0.25) is 17.3 Å². The predicted octanol–water partition coefficient (Wildman–Crippen LogP) is 4.13. The fraction of sp³-hybridized carbons (Fsp3) is 0.188. The van der Waals surface area contributed by atoms with Crippen molar-refractivity contribution in [3.63, 3.8) is 0 Å². The van der Waals surface area contributed by atoms with Crippen molar-refractivity contribution in [1.29, 1.82) is 0 Å². The van der Waals surface area contributed by atoms with Crippen molar-refractivity contribution in [3.05, 3.63) is 46.2 Å². The number of hydrogen-bond donors (Lipinski definition) is 1. The summed E-state index contributed by atoms with van der Waals surface area (Å²) >= 11 is 3.12. The standard InChI is InChI=1S/C16H14N4OS2/c1-9-7-8-23-13(9)15-17-11-6-4-3-5-10(11)12-14(21-15)18-16(22-2)20-19-12/h3-8,15,17H,1-2H3/t15-/m1/s1. The molecule has 5 nitrogen and oxygen atoms in total. The average molecular weight is 342 g/mol. The summed E-state index contributed by atoms with van der Waals surface area (Å²) < 4.78 is 6.18. The molecule has 7 heteroatoms. The van der Waals surface area contributed by atoms with Crippen LogP contribution in [0.1, 0.15) is 16.7 Å². The summed E-state index contributed by atoms with van der Waals surface area (Å²) in [5.41, 5.74) is 3.78. The molecule has 1 N–H and O–H groups in total. The van der Waals surface area contributed by atoms with Crippen LogP contribution in [-0.2, 0) is 0 Å². The normalized spacial score (nSPS) is 15.8. The second-order valence-corrected chi connectivity index (χ2v) is 6.83. The Balaban J connectivity index is 1.89. The van der Waals surface area contributed by atoms with Crippen molar-refractivity contribution in [2.75, 3.05) is 11.6 Å². The van der Waals surface area contributed by atoms with Gasteiger partial charge in [-0.05, 0) is 36.3 Å². The van der Waals surface area contributed by atoms with Gasteiger partial charge in [-0.15, -0.1) is 21.5 Å². The van der Waals surface area contributed by atoms with Gasteiger partial charge in [0.25, 0.3) is 0 Å². The zero-order chi connectivity index (χ0) is 15.8. The van der Waals surface area contributed by atoms with E-state index in [2.05, 4.69) is 38.9 Å². The number of benzene rings is 1. The second-order valence-electron chi connectivity index (χ2n) is 5.11. The van der Waals surface area contributed by atoms with Crippen LogP contribution < -0.4 is 10.1 Å². The lowest BCUT2D eigenvalue weighted by atomic mass is 10.1. The number of fused-ring (bicyclic) bond motifs is 3. The maximum absolute atomic E-state index is 6.18. The predicted molar refractivity (Wildman–Crippen MR) is 93.1 cm³/mol. The van der Waals surface area contributed by atoms with Gasteiger partial charge in [-0.1, -0.05) is 30.0 Å². The van der Waals surface area contributed by atoms with Crippen molar-refractivity contribution < 1.29 is 4.74 Å². The maximum atomic E-state index is 6.18. The van der Waals surface area contributed by atoms with Crippen LogP contribution >= 0.6 is 23.1 Å². The Morgan fingerprint density at radius 2 is 2.09 bits per heavy atom. The van der Waals surface area contributed by atoms with Crippen LogP contribution in [-0.4, -0.2) is 21.4 Å². The quantitative estimate of drug-likeness (QED) is 0.707. The van der Waals surface area contributed by atoms with E-state index >= 15 is 0 Å². The maximum Gasteiger partial charge on any atom is 0.247 e. The number of ether oxygens (including phenoxy) is 1. The first kappa shape index (κ1) is 14.5. The monoisotopic (exact) mass is 342 g/mol. The number of rotatable bonds is 2. The molecule has 23 heavy (non-hydrogen) atoms. The van der Waals surface area contributed by atoms with E-state index in [1.165, 1.54) is 17.3 Å². The number of para-hydroxylation sites is 1. The third-order valence-electron chi connectivity index (χ3n) is 3.66. The van der Waals surface area contributed by atoms with Crippen LogP contribution in [0, 0.1) is 6.92 Å². The zero-order valence-corrected chi connectivity index (χ0v) is 14.2. The van der Waals surface area contributed by atoms with Gasteiger partial charge in [-0.3, -0.25) is 0 Å². The van der Waals surface area contributed by atoms with E-state index in [4.69, 9.17) is 4.74 Å². The van der Waals surface area contributed by atoms with Gasteiger partial charge >= 0.3 is 0 Å². The molecule has 1 aromatic carbocycles. The van der Waals surface area contributed by atoms with Crippen molar-refractivity contribution in [1.82, 2.24) is 15.2 Å². The molecule has 4 rings (SSSR count). The molecule has 0 unspecified atom stereocenters. The molecule has 116 valence electrons.